The van der Waals surface area contributed by atoms with E-state index in [9.17, 15) is 14.4 Å². The third kappa shape index (κ3) is 6.54. The van der Waals surface area contributed by atoms with Crippen LogP contribution in [-0.2, 0) is 19.1 Å². The molecule has 0 spiro atoms. The maximum absolute atomic E-state index is 11.9. The number of methoxy groups -OCH3 is 1. The van der Waals surface area contributed by atoms with Crippen molar-refractivity contribution in [2.24, 2.45) is 5.73 Å². The quantitative estimate of drug-likeness (QED) is 0.512. The zero-order chi connectivity index (χ0) is 15.8. The molecule has 1 aliphatic rings. The zero-order valence-electron chi connectivity index (χ0n) is 12.2. The fourth-order valence-corrected chi connectivity index (χ4v) is 2.18. The van der Waals surface area contributed by atoms with E-state index >= 15 is 0 Å². The number of aliphatic carboxylic acids is 1. The highest BCUT2D eigenvalue weighted by molar-refractivity contribution is 5.85. The van der Waals surface area contributed by atoms with Gasteiger partial charge in [-0.05, 0) is 19.3 Å². The molecule has 1 saturated heterocycles. The summed E-state index contributed by atoms with van der Waals surface area (Å²) >= 11 is 0. The minimum Gasteiger partial charge on any atom is -0.480 e. The predicted octanol–water partition coefficient (Wildman–Crippen LogP) is -1.07. The average molecular weight is 301 g/mol. The lowest BCUT2D eigenvalue weighted by Crippen LogP contribution is -2.48. The van der Waals surface area contributed by atoms with Crippen molar-refractivity contribution in [1.82, 2.24) is 10.2 Å². The molecule has 1 rings (SSSR count). The van der Waals surface area contributed by atoms with Crippen molar-refractivity contribution in [3.63, 3.8) is 0 Å². The third-order valence-corrected chi connectivity index (χ3v) is 3.50. The first-order valence-corrected chi connectivity index (χ1v) is 6.99. The van der Waals surface area contributed by atoms with Crippen LogP contribution in [0.3, 0.4) is 0 Å². The standard InChI is InChI=1S/C13H23N3O5/c1-21-12(18)3-2-10(13(19)20)15-11(17)8-16-6-4-9(14)5-7-16/h9-10H,2-8,14H2,1H3,(H,15,17)(H,19,20). The highest BCUT2D eigenvalue weighted by Crippen LogP contribution is 2.07. The number of nitrogens with zero attached hydrogens (tertiary/aromatic N) is 1. The largest absolute Gasteiger partial charge is 0.480 e. The number of likely N-dealkylation sites (tertiary alicyclic amines) is 1. The number of esters is 1. The number of nitrogens with one attached hydrogen (secondary N) is 1. The molecular formula is C13H23N3O5. The van der Waals surface area contributed by atoms with Crippen molar-refractivity contribution in [3.05, 3.63) is 0 Å². The lowest BCUT2D eigenvalue weighted by atomic mass is 10.1. The maximum Gasteiger partial charge on any atom is 0.326 e. The van der Waals surface area contributed by atoms with E-state index in [2.05, 4.69) is 10.1 Å². The van der Waals surface area contributed by atoms with Crippen LogP contribution in [0, 0.1) is 0 Å². The topological polar surface area (TPSA) is 122 Å². The number of carboxylic acids is 1. The minimum atomic E-state index is -1.16. The van der Waals surface area contributed by atoms with E-state index in [0.29, 0.717) is 0 Å². The van der Waals surface area contributed by atoms with Crippen LogP contribution in [0.15, 0.2) is 0 Å². The molecular weight excluding hydrogens is 278 g/mol. The first-order valence-electron chi connectivity index (χ1n) is 6.99. The van der Waals surface area contributed by atoms with Gasteiger partial charge in [0.25, 0.3) is 0 Å². The van der Waals surface area contributed by atoms with Crippen molar-refractivity contribution in [2.75, 3.05) is 26.7 Å². The molecule has 0 aromatic heterocycles. The number of carbonyl (C=O) groups is 3. The summed E-state index contributed by atoms with van der Waals surface area (Å²) in [7, 11) is 1.23. The number of carboxylic acid groups (broad SMARTS) is 1. The van der Waals surface area contributed by atoms with Crippen LogP contribution in [0.5, 0.6) is 0 Å². The molecule has 8 heteroatoms. The van der Waals surface area contributed by atoms with Crippen LogP contribution in [0.25, 0.3) is 0 Å². The van der Waals surface area contributed by atoms with E-state index in [1.165, 1.54) is 7.11 Å². The fraction of sp³-hybridized carbons (Fsp3) is 0.769. The predicted molar refractivity (Wildman–Crippen MR) is 74.5 cm³/mol. The van der Waals surface area contributed by atoms with Crippen LogP contribution in [-0.4, -0.2) is 66.7 Å². The molecule has 21 heavy (non-hydrogen) atoms. The Morgan fingerprint density at radius 1 is 1.38 bits per heavy atom. The van der Waals surface area contributed by atoms with Gasteiger partial charge in [-0.3, -0.25) is 14.5 Å². The first-order chi connectivity index (χ1) is 9.92. The van der Waals surface area contributed by atoms with E-state index in [-0.39, 0.29) is 31.3 Å². The van der Waals surface area contributed by atoms with Gasteiger partial charge in [-0.15, -0.1) is 0 Å². The van der Waals surface area contributed by atoms with Gasteiger partial charge >= 0.3 is 11.9 Å². The fourth-order valence-electron chi connectivity index (χ4n) is 2.18. The number of ether oxygens (including phenoxy) is 1. The van der Waals surface area contributed by atoms with Crippen LogP contribution < -0.4 is 11.1 Å². The van der Waals surface area contributed by atoms with E-state index in [1.54, 1.807) is 0 Å². The van der Waals surface area contributed by atoms with Gasteiger partial charge in [0, 0.05) is 25.6 Å². The molecule has 1 amide bonds. The first kappa shape index (κ1) is 17.4. The highest BCUT2D eigenvalue weighted by Gasteiger charge is 2.23. The average Bonchev–Trinajstić information content (AvgIpc) is 2.45. The van der Waals surface area contributed by atoms with Crippen LogP contribution in [0.1, 0.15) is 25.7 Å². The molecule has 0 aromatic carbocycles. The minimum absolute atomic E-state index is 0.0125. The van der Waals surface area contributed by atoms with E-state index in [0.717, 1.165) is 25.9 Å². The Morgan fingerprint density at radius 2 is 2.00 bits per heavy atom. The van der Waals surface area contributed by atoms with Gasteiger partial charge in [0.1, 0.15) is 6.04 Å². The summed E-state index contributed by atoms with van der Waals surface area (Å²) < 4.78 is 4.45. The Bertz CT molecular complexity index is 380. The van der Waals surface area contributed by atoms with Gasteiger partial charge < -0.3 is 20.9 Å². The molecule has 4 N–H and O–H groups in total. The highest BCUT2D eigenvalue weighted by atomic mass is 16.5. The summed E-state index contributed by atoms with van der Waals surface area (Å²) in [4.78, 5) is 35.9. The number of nitrogens with two attached hydrogens (primary N) is 1. The molecule has 120 valence electrons. The second-order valence-corrected chi connectivity index (χ2v) is 5.19. The third-order valence-electron chi connectivity index (χ3n) is 3.50. The molecule has 1 atom stereocenters. The van der Waals surface area contributed by atoms with Crippen molar-refractivity contribution >= 4 is 17.8 Å². The Balaban J connectivity index is 2.38. The van der Waals surface area contributed by atoms with E-state index < -0.39 is 18.0 Å². The molecule has 0 radical (unpaired) electrons. The van der Waals surface area contributed by atoms with Crippen LogP contribution >= 0.6 is 0 Å². The van der Waals surface area contributed by atoms with Crippen molar-refractivity contribution in [2.45, 2.75) is 37.8 Å². The monoisotopic (exact) mass is 301 g/mol. The van der Waals surface area contributed by atoms with Crippen LogP contribution in [0.4, 0.5) is 0 Å². The van der Waals surface area contributed by atoms with Gasteiger partial charge in [-0.25, -0.2) is 4.79 Å². The van der Waals surface area contributed by atoms with E-state index in [1.807, 2.05) is 4.90 Å². The SMILES string of the molecule is COC(=O)CCC(NC(=O)CN1CCC(N)CC1)C(=O)O. The lowest BCUT2D eigenvalue weighted by Gasteiger charge is -2.29. The van der Waals surface area contributed by atoms with Gasteiger partial charge in [0.2, 0.25) is 5.91 Å². The second-order valence-electron chi connectivity index (χ2n) is 5.19. The number of rotatable bonds is 7. The number of amides is 1. The maximum atomic E-state index is 11.9. The Kier molecular flexibility index (Phi) is 7.10. The van der Waals surface area contributed by atoms with Crippen molar-refractivity contribution < 1.29 is 24.2 Å². The molecule has 1 heterocycles. The molecule has 0 aliphatic carbocycles. The Hall–Kier alpha value is -1.67. The number of hydrogen-bond acceptors (Lipinski definition) is 6. The molecule has 0 bridgehead atoms. The summed E-state index contributed by atoms with van der Waals surface area (Å²) in [6.07, 6.45) is 1.63. The Labute approximate surface area is 123 Å². The number of piperidine rings is 1. The molecule has 1 unspecified atom stereocenters. The molecule has 1 fully saturated rings. The molecule has 1 aliphatic heterocycles. The van der Waals surface area contributed by atoms with Gasteiger partial charge in [-0.1, -0.05) is 0 Å². The second kappa shape index (κ2) is 8.58. The summed E-state index contributed by atoms with van der Waals surface area (Å²) in [5.41, 5.74) is 5.78. The molecule has 0 aromatic rings. The van der Waals surface area contributed by atoms with Crippen molar-refractivity contribution in [1.29, 1.82) is 0 Å². The Morgan fingerprint density at radius 3 is 2.52 bits per heavy atom. The normalized spacial score (nSPS) is 18.0. The lowest BCUT2D eigenvalue weighted by molar-refractivity contribution is -0.144. The molecule has 8 nitrogen and oxygen atoms in total. The number of hydrogen-bond donors (Lipinski definition) is 3. The molecule has 0 saturated carbocycles. The summed E-state index contributed by atoms with van der Waals surface area (Å²) in [5.74, 6) is -2.02. The van der Waals surface area contributed by atoms with Gasteiger partial charge in [-0.2, -0.15) is 0 Å². The zero-order valence-corrected chi connectivity index (χ0v) is 12.2. The smallest absolute Gasteiger partial charge is 0.326 e. The summed E-state index contributed by atoms with van der Waals surface area (Å²) in [6, 6.07) is -0.903. The van der Waals surface area contributed by atoms with Gasteiger partial charge in [0.05, 0.1) is 13.7 Å². The summed E-state index contributed by atoms with van der Waals surface area (Å²) in [5, 5.41) is 11.5. The van der Waals surface area contributed by atoms with E-state index in [4.69, 9.17) is 10.8 Å². The van der Waals surface area contributed by atoms with Gasteiger partial charge in [0.15, 0.2) is 0 Å². The number of carbonyl (C=O) groups excluding carboxylic acids is 2. The van der Waals surface area contributed by atoms with Crippen molar-refractivity contribution in [3.8, 4) is 0 Å². The summed E-state index contributed by atoms with van der Waals surface area (Å²) in [6.45, 7) is 1.61. The van der Waals surface area contributed by atoms with Crippen LogP contribution in [0.2, 0.25) is 0 Å².